The van der Waals surface area contributed by atoms with Gasteiger partial charge in [-0.15, -0.1) is 0 Å². The lowest BCUT2D eigenvalue weighted by Crippen LogP contribution is -2.32. The molecule has 0 aliphatic rings. The van der Waals surface area contributed by atoms with Gasteiger partial charge < -0.3 is 5.11 Å². The molecule has 6 nitrogen and oxygen atoms in total. The number of hydrogen-bond donors (Lipinski definition) is 2. The fourth-order valence-corrected chi connectivity index (χ4v) is 2.42. The first-order valence-electron chi connectivity index (χ1n) is 4.95. The maximum Gasteiger partial charge on any atom is 0.342 e. The van der Waals surface area contributed by atoms with E-state index in [0.717, 1.165) is 18.8 Å². The van der Waals surface area contributed by atoms with Crippen molar-refractivity contribution in [3.63, 3.8) is 0 Å². The fraction of sp³-hybridized carbons (Fsp3) is 0. The number of aromatic amines is 1. The molecule has 0 spiro atoms. The summed E-state index contributed by atoms with van der Waals surface area (Å²) in [5.74, 6) is -1.39. The van der Waals surface area contributed by atoms with Crippen LogP contribution in [0.15, 0.2) is 38.5 Å². The lowest BCUT2D eigenvalue weighted by Gasteiger charge is -2.08. The van der Waals surface area contributed by atoms with Crippen LogP contribution in [0.1, 0.15) is 10.4 Å². The normalized spacial score (nSPS) is 10.4. The molecule has 0 saturated carbocycles. The molecule has 2 aromatic rings. The molecule has 0 saturated heterocycles. The highest BCUT2D eigenvalue weighted by atomic mass is 127. The van der Waals surface area contributed by atoms with Crippen molar-refractivity contribution in [2.45, 2.75) is 0 Å². The molecule has 2 rings (SSSR count). The van der Waals surface area contributed by atoms with Gasteiger partial charge in [-0.1, -0.05) is 15.9 Å². The third kappa shape index (κ3) is 2.78. The van der Waals surface area contributed by atoms with Gasteiger partial charge in [-0.05, 0) is 40.8 Å². The van der Waals surface area contributed by atoms with Crippen LogP contribution in [0.2, 0.25) is 0 Å². The van der Waals surface area contributed by atoms with Crippen LogP contribution in [-0.4, -0.2) is 20.6 Å². The topological polar surface area (TPSA) is 92.2 Å². The second-order valence-electron chi connectivity index (χ2n) is 3.57. The third-order valence-corrected chi connectivity index (χ3v) is 3.75. The predicted molar refractivity (Wildman–Crippen MR) is 80.0 cm³/mol. The highest BCUT2D eigenvalue weighted by molar-refractivity contribution is 14.1. The SMILES string of the molecule is O=C(O)c1cn(-c2cc(Br)ccc2I)c(=O)[nH]c1=O. The predicted octanol–water partition coefficient (Wildman–Crippen LogP) is 1.59. The molecule has 0 amide bonds. The van der Waals surface area contributed by atoms with Crippen molar-refractivity contribution in [2.75, 3.05) is 0 Å². The van der Waals surface area contributed by atoms with Crippen LogP contribution in [0.25, 0.3) is 5.69 Å². The Morgan fingerprint density at radius 2 is 2.05 bits per heavy atom. The lowest BCUT2D eigenvalue weighted by molar-refractivity contribution is 0.0694. The van der Waals surface area contributed by atoms with Crippen molar-refractivity contribution in [3.8, 4) is 5.69 Å². The van der Waals surface area contributed by atoms with Gasteiger partial charge in [-0.2, -0.15) is 0 Å². The molecule has 1 aromatic heterocycles. The highest BCUT2D eigenvalue weighted by Gasteiger charge is 2.13. The molecular formula is C11H6BrIN2O4. The number of carboxylic acid groups (broad SMARTS) is 1. The summed E-state index contributed by atoms with van der Waals surface area (Å²) in [6, 6.07) is 5.21. The number of nitrogens with zero attached hydrogens (tertiary/aromatic N) is 1. The van der Waals surface area contributed by atoms with Crippen LogP contribution in [0.4, 0.5) is 0 Å². The third-order valence-electron chi connectivity index (χ3n) is 2.34. The molecule has 0 aliphatic heterocycles. The summed E-state index contributed by atoms with van der Waals surface area (Å²) in [5.41, 5.74) is -1.61. The van der Waals surface area contributed by atoms with E-state index in [9.17, 15) is 14.4 Å². The van der Waals surface area contributed by atoms with E-state index in [-0.39, 0.29) is 0 Å². The molecule has 0 atom stereocenters. The number of aromatic carboxylic acids is 1. The number of carbonyl (C=O) groups is 1. The van der Waals surface area contributed by atoms with Crippen LogP contribution in [0.5, 0.6) is 0 Å². The second kappa shape index (κ2) is 5.29. The average molecular weight is 437 g/mol. The Bertz CT molecular complexity index is 781. The van der Waals surface area contributed by atoms with Gasteiger partial charge in [0.2, 0.25) is 0 Å². The quantitative estimate of drug-likeness (QED) is 0.699. The van der Waals surface area contributed by atoms with E-state index >= 15 is 0 Å². The van der Waals surface area contributed by atoms with E-state index in [4.69, 9.17) is 5.11 Å². The van der Waals surface area contributed by atoms with Gasteiger partial charge in [0, 0.05) is 14.2 Å². The van der Waals surface area contributed by atoms with Crippen LogP contribution in [0.3, 0.4) is 0 Å². The minimum absolute atomic E-state index is 0.485. The summed E-state index contributed by atoms with van der Waals surface area (Å²) in [5, 5.41) is 8.91. The summed E-state index contributed by atoms with van der Waals surface area (Å²) in [4.78, 5) is 36.0. The minimum atomic E-state index is -1.39. The number of H-pyrrole nitrogens is 1. The van der Waals surface area contributed by atoms with Gasteiger partial charge in [-0.3, -0.25) is 14.3 Å². The van der Waals surface area contributed by atoms with E-state index in [2.05, 4.69) is 15.9 Å². The van der Waals surface area contributed by atoms with Crippen molar-refractivity contribution < 1.29 is 9.90 Å². The van der Waals surface area contributed by atoms with E-state index in [1.807, 2.05) is 27.6 Å². The first kappa shape index (κ1) is 14.0. The molecule has 0 bridgehead atoms. The Morgan fingerprint density at radius 3 is 2.68 bits per heavy atom. The molecule has 0 fully saturated rings. The zero-order valence-corrected chi connectivity index (χ0v) is 12.9. The smallest absolute Gasteiger partial charge is 0.342 e. The summed E-state index contributed by atoms with van der Waals surface area (Å²) >= 11 is 5.29. The standard InChI is InChI=1S/C11H6BrIN2O4/c12-5-1-2-7(13)8(3-5)15-4-6(10(17)18)9(16)14-11(15)19/h1-4H,(H,17,18)(H,14,16,19). The van der Waals surface area contributed by atoms with Gasteiger partial charge in [0.25, 0.3) is 5.56 Å². The Kier molecular flexibility index (Phi) is 3.90. The number of halogens is 2. The number of aromatic nitrogens is 2. The molecule has 19 heavy (non-hydrogen) atoms. The molecule has 0 unspecified atom stereocenters. The number of nitrogens with one attached hydrogen (secondary N) is 1. The first-order chi connectivity index (χ1) is 8.90. The zero-order valence-electron chi connectivity index (χ0n) is 9.18. The number of rotatable bonds is 2. The largest absolute Gasteiger partial charge is 0.477 e. The zero-order chi connectivity index (χ0) is 14.2. The van der Waals surface area contributed by atoms with Crippen LogP contribution in [-0.2, 0) is 0 Å². The summed E-state index contributed by atoms with van der Waals surface area (Å²) in [6.07, 6.45) is 1.02. The Hall–Kier alpha value is -1.42. The van der Waals surface area contributed by atoms with Crippen molar-refractivity contribution >= 4 is 44.5 Å². The maximum absolute atomic E-state index is 11.8. The van der Waals surface area contributed by atoms with E-state index in [0.29, 0.717) is 5.69 Å². The van der Waals surface area contributed by atoms with Crippen molar-refractivity contribution in [2.24, 2.45) is 0 Å². The lowest BCUT2D eigenvalue weighted by atomic mass is 10.3. The first-order valence-corrected chi connectivity index (χ1v) is 6.82. The van der Waals surface area contributed by atoms with Crippen molar-refractivity contribution in [3.05, 3.63) is 58.8 Å². The van der Waals surface area contributed by atoms with Gasteiger partial charge >= 0.3 is 11.7 Å². The molecule has 1 heterocycles. The summed E-state index contributed by atoms with van der Waals surface area (Å²) in [7, 11) is 0. The summed E-state index contributed by atoms with van der Waals surface area (Å²) in [6.45, 7) is 0. The Labute approximate surface area is 128 Å². The van der Waals surface area contributed by atoms with Crippen LogP contribution in [0, 0.1) is 3.57 Å². The second-order valence-corrected chi connectivity index (χ2v) is 5.65. The number of hydrogen-bond acceptors (Lipinski definition) is 3. The molecule has 0 radical (unpaired) electrons. The van der Waals surface area contributed by atoms with Crippen molar-refractivity contribution in [1.82, 2.24) is 9.55 Å². The average Bonchev–Trinajstić information content (AvgIpc) is 2.32. The summed E-state index contributed by atoms with van der Waals surface area (Å²) < 4.78 is 2.57. The molecule has 0 aliphatic carbocycles. The Balaban J connectivity index is 2.79. The molecular weight excluding hydrogens is 431 g/mol. The van der Waals surface area contributed by atoms with E-state index < -0.39 is 22.8 Å². The van der Waals surface area contributed by atoms with Crippen LogP contribution < -0.4 is 11.2 Å². The molecule has 1 aromatic carbocycles. The van der Waals surface area contributed by atoms with Crippen molar-refractivity contribution in [1.29, 1.82) is 0 Å². The van der Waals surface area contributed by atoms with Gasteiger partial charge in [0.1, 0.15) is 5.56 Å². The molecule has 98 valence electrons. The Morgan fingerprint density at radius 1 is 1.37 bits per heavy atom. The van der Waals surface area contributed by atoms with Gasteiger partial charge in [0.15, 0.2) is 0 Å². The molecule has 2 N–H and O–H groups in total. The molecule has 8 heteroatoms. The van der Waals surface area contributed by atoms with Gasteiger partial charge in [-0.25, -0.2) is 9.59 Å². The monoisotopic (exact) mass is 436 g/mol. The highest BCUT2D eigenvalue weighted by Crippen LogP contribution is 2.20. The fourth-order valence-electron chi connectivity index (χ4n) is 1.47. The number of carboxylic acids is 1. The van der Waals surface area contributed by atoms with Crippen LogP contribution >= 0.6 is 38.5 Å². The minimum Gasteiger partial charge on any atom is -0.477 e. The van der Waals surface area contributed by atoms with E-state index in [1.165, 1.54) is 0 Å². The van der Waals surface area contributed by atoms with E-state index in [1.54, 1.807) is 18.2 Å². The number of benzene rings is 1. The van der Waals surface area contributed by atoms with Gasteiger partial charge in [0.05, 0.1) is 5.69 Å². The maximum atomic E-state index is 11.8.